The SMILES string of the molecule is COC1(COc2cc(Cl)nc3c2CCOC32CCOC2)COC1. The van der Waals surface area contributed by atoms with E-state index in [4.69, 9.17) is 35.3 Å². The third-order valence-corrected chi connectivity index (χ3v) is 5.05. The number of hydrogen-bond acceptors (Lipinski definition) is 6. The molecule has 0 bridgehead atoms. The molecule has 1 unspecified atom stereocenters. The third kappa shape index (κ3) is 2.62. The van der Waals surface area contributed by atoms with Crippen LogP contribution in [0.1, 0.15) is 17.7 Å². The fourth-order valence-electron chi connectivity index (χ4n) is 3.33. The highest BCUT2D eigenvalue weighted by Crippen LogP contribution is 2.42. The van der Waals surface area contributed by atoms with Crippen molar-refractivity contribution in [2.75, 3.05) is 46.8 Å². The molecule has 1 aromatic rings. The Labute approximate surface area is 140 Å². The normalized spacial score (nSPS) is 28.4. The molecular formula is C16H20ClNO5. The molecule has 1 aromatic heterocycles. The maximum Gasteiger partial charge on any atom is 0.148 e. The molecule has 1 spiro atoms. The zero-order valence-corrected chi connectivity index (χ0v) is 13.9. The van der Waals surface area contributed by atoms with Gasteiger partial charge in [0.25, 0.3) is 0 Å². The summed E-state index contributed by atoms with van der Waals surface area (Å²) < 4.78 is 28.4. The van der Waals surface area contributed by atoms with Crippen molar-refractivity contribution in [1.82, 2.24) is 4.98 Å². The van der Waals surface area contributed by atoms with Crippen molar-refractivity contribution in [3.8, 4) is 5.75 Å². The fourth-order valence-corrected chi connectivity index (χ4v) is 3.51. The van der Waals surface area contributed by atoms with Gasteiger partial charge in [0.15, 0.2) is 0 Å². The molecule has 23 heavy (non-hydrogen) atoms. The molecule has 0 amide bonds. The molecule has 126 valence electrons. The van der Waals surface area contributed by atoms with E-state index in [9.17, 15) is 0 Å². The van der Waals surface area contributed by atoms with Gasteiger partial charge < -0.3 is 23.7 Å². The highest BCUT2D eigenvalue weighted by molar-refractivity contribution is 6.29. The van der Waals surface area contributed by atoms with E-state index in [0.29, 0.717) is 44.8 Å². The first-order valence-corrected chi connectivity index (χ1v) is 8.22. The van der Waals surface area contributed by atoms with E-state index in [1.54, 1.807) is 13.2 Å². The molecule has 0 N–H and O–H groups in total. The van der Waals surface area contributed by atoms with Gasteiger partial charge in [0.1, 0.15) is 28.7 Å². The zero-order valence-electron chi connectivity index (χ0n) is 13.1. The van der Waals surface area contributed by atoms with Crippen LogP contribution in [0, 0.1) is 0 Å². The van der Waals surface area contributed by atoms with Gasteiger partial charge in [0.05, 0.1) is 32.1 Å². The van der Waals surface area contributed by atoms with E-state index in [-0.39, 0.29) is 5.60 Å². The molecule has 0 saturated carbocycles. The predicted molar refractivity (Wildman–Crippen MR) is 82.1 cm³/mol. The van der Waals surface area contributed by atoms with Crippen molar-refractivity contribution in [3.63, 3.8) is 0 Å². The van der Waals surface area contributed by atoms with Crippen molar-refractivity contribution >= 4 is 11.6 Å². The lowest BCUT2D eigenvalue weighted by molar-refractivity contribution is -0.208. The number of ether oxygens (including phenoxy) is 5. The molecule has 2 fully saturated rings. The highest BCUT2D eigenvalue weighted by Gasteiger charge is 2.45. The van der Waals surface area contributed by atoms with Crippen LogP contribution in [-0.4, -0.2) is 57.3 Å². The average molecular weight is 342 g/mol. The number of aromatic nitrogens is 1. The van der Waals surface area contributed by atoms with Crippen molar-refractivity contribution in [2.45, 2.75) is 24.0 Å². The van der Waals surface area contributed by atoms with Crippen LogP contribution in [-0.2, 0) is 31.0 Å². The molecule has 0 radical (unpaired) electrons. The van der Waals surface area contributed by atoms with Crippen LogP contribution in [0.25, 0.3) is 0 Å². The first-order valence-electron chi connectivity index (χ1n) is 7.84. The Kier molecular flexibility index (Phi) is 3.98. The summed E-state index contributed by atoms with van der Waals surface area (Å²) in [5.74, 6) is 0.762. The van der Waals surface area contributed by atoms with Gasteiger partial charge in [0.2, 0.25) is 0 Å². The Hall–Kier alpha value is -0.920. The van der Waals surface area contributed by atoms with Crippen molar-refractivity contribution in [1.29, 1.82) is 0 Å². The topological polar surface area (TPSA) is 59.0 Å². The van der Waals surface area contributed by atoms with Gasteiger partial charge >= 0.3 is 0 Å². The monoisotopic (exact) mass is 341 g/mol. The van der Waals surface area contributed by atoms with Gasteiger partial charge in [-0.25, -0.2) is 4.98 Å². The van der Waals surface area contributed by atoms with Gasteiger partial charge in [-0.15, -0.1) is 0 Å². The highest BCUT2D eigenvalue weighted by atomic mass is 35.5. The minimum absolute atomic E-state index is 0.359. The number of methoxy groups -OCH3 is 1. The van der Waals surface area contributed by atoms with Crippen molar-refractivity contribution in [3.05, 3.63) is 22.5 Å². The molecule has 7 heteroatoms. The summed E-state index contributed by atoms with van der Waals surface area (Å²) in [6, 6.07) is 1.78. The van der Waals surface area contributed by atoms with Crippen LogP contribution in [0.3, 0.4) is 0 Å². The number of nitrogens with zero attached hydrogens (tertiary/aromatic N) is 1. The standard InChI is InChI=1S/C16H20ClNO5/c1-19-15(7-21-8-15)9-22-12-6-13(17)18-14-11(12)2-4-23-16(14)3-5-20-10-16/h6H,2-5,7-10H2,1H3. The van der Waals surface area contributed by atoms with Gasteiger partial charge in [-0.05, 0) is 0 Å². The molecule has 4 rings (SSSR count). The molecule has 4 heterocycles. The predicted octanol–water partition coefficient (Wildman–Crippen LogP) is 1.72. The Bertz CT molecular complexity index is 593. The molecule has 0 aliphatic carbocycles. The van der Waals surface area contributed by atoms with Gasteiger partial charge in [-0.1, -0.05) is 11.6 Å². The maximum atomic E-state index is 6.23. The molecule has 3 aliphatic heterocycles. The molecular weight excluding hydrogens is 322 g/mol. The first kappa shape index (κ1) is 15.6. The molecule has 1 atom stereocenters. The molecule has 6 nitrogen and oxygen atoms in total. The van der Waals surface area contributed by atoms with Crippen LogP contribution in [0.15, 0.2) is 6.07 Å². The largest absolute Gasteiger partial charge is 0.490 e. The fraction of sp³-hybridized carbons (Fsp3) is 0.688. The number of halogens is 1. The van der Waals surface area contributed by atoms with E-state index in [1.165, 1.54) is 0 Å². The summed E-state index contributed by atoms with van der Waals surface area (Å²) in [6.07, 6.45) is 1.55. The second-order valence-electron chi connectivity index (χ2n) is 6.33. The second kappa shape index (κ2) is 5.86. The number of pyridine rings is 1. The summed E-state index contributed by atoms with van der Waals surface area (Å²) >= 11 is 6.23. The van der Waals surface area contributed by atoms with E-state index >= 15 is 0 Å². The summed E-state index contributed by atoms with van der Waals surface area (Å²) in [5.41, 5.74) is 1.09. The third-order valence-electron chi connectivity index (χ3n) is 4.85. The van der Waals surface area contributed by atoms with Crippen LogP contribution in [0.4, 0.5) is 0 Å². The lowest BCUT2D eigenvalue weighted by Crippen LogP contribution is -2.55. The van der Waals surface area contributed by atoms with E-state index in [2.05, 4.69) is 4.98 Å². The Balaban J connectivity index is 1.64. The average Bonchev–Trinajstić information content (AvgIpc) is 2.97. The molecule has 3 aliphatic rings. The Morgan fingerprint density at radius 2 is 2.13 bits per heavy atom. The van der Waals surface area contributed by atoms with Crippen LogP contribution >= 0.6 is 11.6 Å². The summed E-state index contributed by atoms with van der Waals surface area (Å²) in [4.78, 5) is 4.53. The first-order chi connectivity index (χ1) is 11.2. The minimum Gasteiger partial charge on any atom is -0.490 e. The molecule has 0 aromatic carbocycles. The zero-order chi connectivity index (χ0) is 15.9. The number of rotatable bonds is 4. The van der Waals surface area contributed by atoms with Gasteiger partial charge in [-0.3, -0.25) is 0 Å². The van der Waals surface area contributed by atoms with E-state index in [0.717, 1.165) is 29.8 Å². The van der Waals surface area contributed by atoms with Crippen LogP contribution < -0.4 is 4.74 Å². The number of hydrogen-bond donors (Lipinski definition) is 0. The maximum absolute atomic E-state index is 6.23. The quantitative estimate of drug-likeness (QED) is 0.777. The van der Waals surface area contributed by atoms with E-state index < -0.39 is 5.60 Å². The smallest absolute Gasteiger partial charge is 0.148 e. The molecule has 2 saturated heterocycles. The second-order valence-corrected chi connectivity index (χ2v) is 6.72. The van der Waals surface area contributed by atoms with Gasteiger partial charge in [-0.2, -0.15) is 0 Å². The van der Waals surface area contributed by atoms with E-state index in [1.807, 2.05) is 0 Å². The Morgan fingerprint density at radius 3 is 2.78 bits per heavy atom. The minimum atomic E-state index is -0.477. The lowest BCUT2D eigenvalue weighted by atomic mass is 9.90. The summed E-state index contributed by atoms with van der Waals surface area (Å²) in [7, 11) is 1.68. The van der Waals surface area contributed by atoms with Crippen LogP contribution in [0.2, 0.25) is 5.15 Å². The number of fused-ring (bicyclic) bond motifs is 2. The summed E-state index contributed by atoms with van der Waals surface area (Å²) in [6.45, 7) is 3.35. The van der Waals surface area contributed by atoms with Crippen LogP contribution in [0.5, 0.6) is 5.75 Å². The van der Waals surface area contributed by atoms with Crippen molar-refractivity contribution in [2.24, 2.45) is 0 Å². The van der Waals surface area contributed by atoms with Crippen molar-refractivity contribution < 1.29 is 23.7 Å². The Morgan fingerprint density at radius 1 is 1.26 bits per heavy atom. The lowest BCUT2D eigenvalue weighted by Gasteiger charge is -2.40. The summed E-state index contributed by atoms with van der Waals surface area (Å²) in [5, 5.41) is 0.409. The van der Waals surface area contributed by atoms with Gasteiger partial charge in [0, 0.05) is 38.2 Å².